The Balaban J connectivity index is 1.29. The van der Waals surface area contributed by atoms with Crippen molar-refractivity contribution < 1.29 is 9.59 Å². The normalized spacial score (nSPS) is 16.2. The third kappa shape index (κ3) is 5.51. The van der Waals surface area contributed by atoms with E-state index < -0.39 is 0 Å². The van der Waals surface area contributed by atoms with E-state index >= 15 is 0 Å². The number of aromatic nitrogens is 2. The molecule has 1 aliphatic heterocycles. The molecule has 1 fully saturated rings. The molecule has 3 aromatic rings. The van der Waals surface area contributed by atoms with Crippen LogP contribution in [0.2, 0.25) is 0 Å². The minimum Gasteiger partial charge on any atom is -0.354 e. The Morgan fingerprint density at radius 2 is 1.75 bits per heavy atom. The molecule has 1 saturated heterocycles. The summed E-state index contributed by atoms with van der Waals surface area (Å²) < 4.78 is 1.81. The summed E-state index contributed by atoms with van der Waals surface area (Å²) in [7, 11) is 0. The largest absolute Gasteiger partial charge is 0.354 e. The Labute approximate surface area is 212 Å². The van der Waals surface area contributed by atoms with Crippen LogP contribution in [0.25, 0.3) is 16.9 Å². The van der Waals surface area contributed by atoms with Gasteiger partial charge in [0.15, 0.2) is 0 Å². The maximum atomic E-state index is 13.1. The lowest BCUT2D eigenvalue weighted by Crippen LogP contribution is -2.44. The van der Waals surface area contributed by atoms with Gasteiger partial charge < -0.3 is 10.6 Å². The van der Waals surface area contributed by atoms with Crippen LogP contribution >= 0.6 is 0 Å². The van der Waals surface area contributed by atoms with Gasteiger partial charge in [0.25, 0.3) is 0 Å². The number of fused-ring (bicyclic) bond motifs is 1. The fraction of sp³-hybridized carbons (Fsp3) is 0.414. The molecule has 7 nitrogen and oxygen atoms in total. The molecule has 2 aliphatic rings. The summed E-state index contributed by atoms with van der Waals surface area (Å²) in [6, 6.07) is 18.6. The van der Waals surface area contributed by atoms with E-state index in [0.29, 0.717) is 12.4 Å². The fourth-order valence-electron chi connectivity index (χ4n) is 5.25. The van der Waals surface area contributed by atoms with Crippen LogP contribution in [0.4, 0.5) is 5.82 Å². The predicted molar refractivity (Wildman–Crippen MR) is 142 cm³/mol. The van der Waals surface area contributed by atoms with Gasteiger partial charge in [-0.2, -0.15) is 5.10 Å². The minimum atomic E-state index is -0.0716. The number of piperidine rings is 1. The van der Waals surface area contributed by atoms with Crippen LogP contribution in [0.5, 0.6) is 0 Å². The zero-order valence-electron chi connectivity index (χ0n) is 21.2. The average molecular weight is 486 g/mol. The Kier molecular flexibility index (Phi) is 7.18. The van der Waals surface area contributed by atoms with Crippen molar-refractivity contribution in [2.24, 2.45) is 5.92 Å². The third-order valence-corrected chi connectivity index (χ3v) is 7.13. The average Bonchev–Trinajstić information content (AvgIpc) is 3.51. The van der Waals surface area contributed by atoms with Crippen molar-refractivity contribution in [2.45, 2.75) is 52.0 Å². The Hall–Kier alpha value is -3.45. The maximum absolute atomic E-state index is 13.1. The first-order valence-electron chi connectivity index (χ1n) is 13.1. The van der Waals surface area contributed by atoms with Crippen LogP contribution in [0, 0.1) is 5.92 Å². The Morgan fingerprint density at radius 1 is 1.00 bits per heavy atom. The highest BCUT2D eigenvalue weighted by Gasteiger charge is 2.26. The van der Waals surface area contributed by atoms with Gasteiger partial charge in [-0.15, -0.1) is 0 Å². The highest BCUT2D eigenvalue weighted by molar-refractivity contribution is 5.92. The Morgan fingerprint density at radius 3 is 2.50 bits per heavy atom. The van der Waals surface area contributed by atoms with Gasteiger partial charge in [-0.3, -0.25) is 14.5 Å². The molecule has 0 spiro atoms. The molecule has 1 aliphatic carbocycles. The highest BCUT2D eigenvalue weighted by atomic mass is 16.2. The zero-order valence-corrected chi connectivity index (χ0v) is 21.2. The first-order chi connectivity index (χ1) is 17.5. The maximum Gasteiger partial charge on any atom is 0.239 e. The van der Waals surface area contributed by atoms with Crippen LogP contribution in [0.3, 0.4) is 0 Å². The van der Waals surface area contributed by atoms with Gasteiger partial charge in [0, 0.05) is 23.6 Å². The molecular formula is C29H35N5O2. The molecule has 2 amide bonds. The second-order valence-corrected chi connectivity index (χ2v) is 10.3. The molecule has 7 heteroatoms. The highest BCUT2D eigenvalue weighted by Crippen LogP contribution is 2.30. The molecule has 36 heavy (non-hydrogen) atoms. The molecule has 2 heterocycles. The topological polar surface area (TPSA) is 79.3 Å². The van der Waals surface area contributed by atoms with E-state index in [1.165, 1.54) is 17.5 Å². The monoisotopic (exact) mass is 485 g/mol. The molecule has 0 bridgehead atoms. The van der Waals surface area contributed by atoms with E-state index in [1.807, 2.05) is 54.9 Å². The number of likely N-dealkylation sites (tertiary alicyclic amines) is 1. The van der Waals surface area contributed by atoms with Crippen molar-refractivity contribution in [1.29, 1.82) is 0 Å². The summed E-state index contributed by atoms with van der Waals surface area (Å²) in [6.07, 6.45) is 5.02. The van der Waals surface area contributed by atoms with Crippen molar-refractivity contribution in [3.63, 3.8) is 0 Å². The van der Waals surface area contributed by atoms with Gasteiger partial charge in [0.05, 0.1) is 17.9 Å². The second kappa shape index (κ2) is 10.7. The number of anilines is 1. The number of hydrogen-bond acceptors (Lipinski definition) is 4. The standard InChI is InChI=1S/C29H35N5O2/c1-20(2)30-29(36)22-13-15-33(16-14-22)19-28(35)31-27-18-26(32-34(27)25-9-4-3-5-10-25)24-12-11-21-7-6-8-23(21)17-24/h3-5,9-12,17-18,20,22H,6-8,13-16,19H2,1-2H3,(H,30,36)(H,31,35). The van der Waals surface area contributed by atoms with E-state index in [9.17, 15) is 9.59 Å². The predicted octanol–water partition coefficient (Wildman–Crippen LogP) is 4.20. The second-order valence-electron chi connectivity index (χ2n) is 10.3. The van der Waals surface area contributed by atoms with Crippen LogP contribution in [-0.4, -0.2) is 52.2 Å². The molecule has 0 unspecified atom stereocenters. The summed E-state index contributed by atoms with van der Waals surface area (Å²) in [6.45, 7) is 5.73. The summed E-state index contributed by atoms with van der Waals surface area (Å²) in [5.41, 5.74) is 5.65. The third-order valence-electron chi connectivity index (χ3n) is 7.13. The number of nitrogens with zero attached hydrogens (tertiary/aromatic N) is 3. The SMILES string of the molecule is CC(C)NC(=O)C1CCN(CC(=O)Nc2cc(-c3ccc4c(c3)CCC4)nn2-c2ccccc2)CC1. The van der Waals surface area contributed by atoms with Crippen molar-refractivity contribution >= 4 is 17.6 Å². The Bertz CT molecular complexity index is 1230. The molecule has 5 rings (SSSR count). The van der Waals surface area contributed by atoms with Crippen molar-refractivity contribution in [3.8, 4) is 16.9 Å². The zero-order chi connectivity index (χ0) is 25.1. The van der Waals surface area contributed by atoms with E-state index in [2.05, 4.69) is 33.7 Å². The first kappa shape index (κ1) is 24.3. The van der Waals surface area contributed by atoms with Gasteiger partial charge in [0.2, 0.25) is 11.8 Å². The van der Waals surface area contributed by atoms with Crippen LogP contribution in [-0.2, 0) is 22.4 Å². The minimum absolute atomic E-state index is 0.0288. The quantitative estimate of drug-likeness (QED) is 0.526. The van der Waals surface area contributed by atoms with Gasteiger partial charge >= 0.3 is 0 Å². The van der Waals surface area contributed by atoms with Crippen molar-refractivity contribution in [3.05, 3.63) is 65.7 Å². The smallest absolute Gasteiger partial charge is 0.239 e. The fourth-order valence-corrected chi connectivity index (χ4v) is 5.25. The molecule has 0 radical (unpaired) electrons. The summed E-state index contributed by atoms with van der Waals surface area (Å²) in [5.74, 6) is 0.742. The van der Waals surface area contributed by atoms with Crippen molar-refractivity contribution in [2.75, 3.05) is 25.0 Å². The number of benzene rings is 2. The number of carbonyl (C=O) groups is 2. The van der Waals surface area contributed by atoms with Gasteiger partial charge in [-0.25, -0.2) is 4.68 Å². The van der Waals surface area contributed by atoms with E-state index in [-0.39, 0.29) is 23.8 Å². The molecule has 2 N–H and O–H groups in total. The van der Waals surface area contributed by atoms with E-state index in [0.717, 1.165) is 55.7 Å². The van der Waals surface area contributed by atoms with Crippen molar-refractivity contribution in [1.82, 2.24) is 20.0 Å². The molecule has 1 aromatic heterocycles. The van der Waals surface area contributed by atoms with E-state index in [4.69, 9.17) is 5.10 Å². The summed E-state index contributed by atoms with van der Waals surface area (Å²) in [4.78, 5) is 27.5. The van der Waals surface area contributed by atoms with Crippen LogP contribution in [0.15, 0.2) is 54.6 Å². The lowest BCUT2D eigenvalue weighted by atomic mass is 9.95. The lowest BCUT2D eigenvalue weighted by Gasteiger charge is -2.31. The van der Waals surface area contributed by atoms with Gasteiger partial charge in [-0.1, -0.05) is 30.3 Å². The summed E-state index contributed by atoms with van der Waals surface area (Å²) >= 11 is 0. The molecule has 0 atom stereocenters. The number of carbonyl (C=O) groups excluding carboxylic acids is 2. The number of para-hydroxylation sites is 1. The number of amides is 2. The molecule has 2 aromatic carbocycles. The van der Waals surface area contributed by atoms with Crippen LogP contribution < -0.4 is 10.6 Å². The van der Waals surface area contributed by atoms with Gasteiger partial charge in [0.1, 0.15) is 5.82 Å². The molecule has 188 valence electrons. The number of aryl methyl sites for hydroxylation is 2. The lowest BCUT2D eigenvalue weighted by molar-refractivity contribution is -0.127. The van der Waals surface area contributed by atoms with Gasteiger partial charge in [-0.05, 0) is 88.4 Å². The number of nitrogens with one attached hydrogen (secondary N) is 2. The number of rotatable bonds is 7. The number of hydrogen-bond donors (Lipinski definition) is 2. The first-order valence-corrected chi connectivity index (χ1v) is 13.1. The van der Waals surface area contributed by atoms with E-state index in [1.54, 1.807) is 0 Å². The van der Waals surface area contributed by atoms with Crippen LogP contribution in [0.1, 0.15) is 44.2 Å². The molecule has 0 saturated carbocycles. The summed E-state index contributed by atoms with van der Waals surface area (Å²) in [5, 5.41) is 11.0. The molecular weight excluding hydrogens is 450 g/mol.